The van der Waals surface area contributed by atoms with Crippen molar-refractivity contribution in [2.75, 3.05) is 0 Å². The highest BCUT2D eigenvalue weighted by Gasteiger charge is 2.31. The molecule has 0 fully saturated rings. The first-order valence-corrected chi connectivity index (χ1v) is 10.1. The number of fused-ring (bicyclic) bond motifs is 2. The molecule has 0 aromatic carbocycles. The number of rotatable bonds is 2. The van der Waals surface area contributed by atoms with Crippen molar-refractivity contribution in [3.05, 3.63) is 41.0 Å². The topological polar surface area (TPSA) is 84.1 Å². The zero-order chi connectivity index (χ0) is 19.6. The standard InChI is InChI=1S/C11H18N2O.C10H14N2O/c1-7(2)8-4-5-10-9(11(8)14)6-13(3)12-10;1-2-7-3-4-8-5-11-12-6-9(8)10(7)13/h6-8,11,14H,4-5H2,1-3H3;5-7,10,13H,2-4H2,1H3. The average molecular weight is 373 g/mol. The third-order valence-corrected chi connectivity index (χ3v) is 6.15. The normalized spacial score (nSPS) is 26.8. The average Bonchev–Trinajstić information content (AvgIpc) is 3.04. The summed E-state index contributed by atoms with van der Waals surface area (Å²) in [5, 5.41) is 32.1. The summed E-state index contributed by atoms with van der Waals surface area (Å²) in [6.07, 6.45) is 9.97. The lowest BCUT2D eigenvalue weighted by molar-refractivity contribution is 0.0668. The zero-order valence-corrected chi connectivity index (χ0v) is 16.8. The molecule has 2 aliphatic rings. The number of nitrogens with zero attached hydrogens (tertiary/aromatic N) is 4. The van der Waals surface area contributed by atoms with E-state index in [1.54, 1.807) is 17.1 Å². The summed E-state index contributed by atoms with van der Waals surface area (Å²) >= 11 is 0. The van der Waals surface area contributed by atoms with Crippen LogP contribution < -0.4 is 0 Å². The second-order valence-electron chi connectivity index (χ2n) is 8.22. The highest BCUT2D eigenvalue weighted by atomic mass is 16.3. The Morgan fingerprint density at radius 1 is 1.07 bits per heavy atom. The van der Waals surface area contributed by atoms with Crippen LogP contribution in [0.3, 0.4) is 0 Å². The van der Waals surface area contributed by atoms with Gasteiger partial charge in [0.25, 0.3) is 0 Å². The van der Waals surface area contributed by atoms with Gasteiger partial charge in [-0.2, -0.15) is 15.3 Å². The van der Waals surface area contributed by atoms with E-state index < -0.39 is 0 Å². The van der Waals surface area contributed by atoms with Crippen LogP contribution in [0.5, 0.6) is 0 Å². The molecule has 4 unspecified atom stereocenters. The first-order chi connectivity index (χ1) is 12.9. The van der Waals surface area contributed by atoms with E-state index in [1.807, 2.05) is 13.2 Å². The van der Waals surface area contributed by atoms with E-state index in [4.69, 9.17) is 0 Å². The fourth-order valence-corrected chi connectivity index (χ4v) is 4.40. The van der Waals surface area contributed by atoms with E-state index in [0.29, 0.717) is 17.8 Å². The molecule has 6 heteroatoms. The van der Waals surface area contributed by atoms with Crippen molar-refractivity contribution in [1.29, 1.82) is 0 Å². The molecule has 2 aromatic heterocycles. The smallest absolute Gasteiger partial charge is 0.0853 e. The molecule has 2 aliphatic carbocycles. The summed E-state index contributed by atoms with van der Waals surface area (Å²) in [5.41, 5.74) is 4.26. The van der Waals surface area contributed by atoms with Gasteiger partial charge in [-0.25, -0.2) is 0 Å². The van der Waals surface area contributed by atoms with Crippen molar-refractivity contribution >= 4 is 0 Å². The molecule has 0 bridgehead atoms. The van der Waals surface area contributed by atoms with Gasteiger partial charge in [-0.05, 0) is 49.0 Å². The summed E-state index contributed by atoms with van der Waals surface area (Å²) in [7, 11) is 1.91. The van der Waals surface area contributed by atoms with Gasteiger partial charge in [-0.3, -0.25) is 4.68 Å². The molecule has 0 spiro atoms. The Morgan fingerprint density at radius 3 is 2.52 bits per heavy atom. The maximum Gasteiger partial charge on any atom is 0.0853 e. The van der Waals surface area contributed by atoms with Crippen LogP contribution in [0.15, 0.2) is 18.6 Å². The lowest BCUT2D eigenvalue weighted by Gasteiger charge is -2.29. The first-order valence-electron chi connectivity index (χ1n) is 10.1. The summed E-state index contributed by atoms with van der Waals surface area (Å²) in [5.74, 6) is 1.33. The number of aliphatic hydroxyl groups excluding tert-OH is 2. The predicted molar refractivity (Wildman–Crippen MR) is 104 cm³/mol. The predicted octanol–water partition coefficient (Wildman–Crippen LogP) is 3.15. The molecule has 4 rings (SSSR count). The van der Waals surface area contributed by atoms with Gasteiger partial charge in [0.05, 0.1) is 30.3 Å². The van der Waals surface area contributed by atoms with Crippen LogP contribution in [-0.2, 0) is 19.9 Å². The van der Waals surface area contributed by atoms with Crippen LogP contribution in [0.4, 0.5) is 0 Å². The van der Waals surface area contributed by atoms with Crippen molar-refractivity contribution in [2.24, 2.45) is 24.8 Å². The number of aryl methyl sites for hydroxylation is 3. The Balaban J connectivity index is 0.000000156. The highest BCUT2D eigenvalue weighted by molar-refractivity contribution is 5.26. The van der Waals surface area contributed by atoms with Crippen LogP contribution >= 0.6 is 0 Å². The number of aliphatic hydroxyl groups is 2. The third-order valence-electron chi connectivity index (χ3n) is 6.15. The summed E-state index contributed by atoms with van der Waals surface area (Å²) < 4.78 is 1.80. The van der Waals surface area contributed by atoms with E-state index in [1.165, 1.54) is 0 Å². The summed E-state index contributed by atoms with van der Waals surface area (Å²) in [6, 6.07) is 0. The van der Waals surface area contributed by atoms with Crippen LogP contribution in [0.2, 0.25) is 0 Å². The molecule has 0 radical (unpaired) electrons. The van der Waals surface area contributed by atoms with Gasteiger partial charge >= 0.3 is 0 Å². The minimum atomic E-state index is -0.329. The van der Waals surface area contributed by atoms with E-state index in [0.717, 1.165) is 54.5 Å². The first kappa shape index (κ1) is 20.0. The van der Waals surface area contributed by atoms with Gasteiger partial charge in [-0.1, -0.05) is 27.2 Å². The molecule has 2 aromatic rings. The summed E-state index contributed by atoms with van der Waals surface area (Å²) in [6.45, 7) is 6.47. The Hall–Kier alpha value is -1.79. The molecule has 6 nitrogen and oxygen atoms in total. The quantitative estimate of drug-likeness (QED) is 0.846. The fourth-order valence-electron chi connectivity index (χ4n) is 4.40. The third kappa shape index (κ3) is 4.22. The second-order valence-corrected chi connectivity index (χ2v) is 8.22. The van der Waals surface area contributed by atoms with Gasteiger partial charge in [0.1, 0.15) is 0 Å². The number of hydrogen-bond donors (Lipinski definition) is 2. The number of aromatic nitrogens is 4. The molecule has 4 atom stereocenters. The van der Waals surface area contributed by atoms with Crippen molar-refractivity contribution in [3.8, 4) is 0 Å². The van der Waals surface area contributed by atoms with Gasteiger partial charge in [-0.15, -0.1) is 0 Å². The monoisotopic (exact) mass is 372 g/mol. The molecule has 0 saturated heterocycles. The molecule has 2 N–H and O–H groups in total. The van der Waals surface area contributed by atoms with Gasteiger partial charge in [0.2, 0.25) is 0 Å². The van der Waals surface area contributed by atoms with E-state index in [-0.39, 0.29) is 12.2 Å². The zero-order valence-electron chi connectivity index (χ0n) is 16.8. The largest absolute Gasteiger partial charge is 0.388 e. The Bertz CT molecular complexity index is 758. The summed E-state index contributed by atoms with van der Waals surface area (Å²) in [4.78, 5) is 0. The molecule has 148 valence electrons. The Morgan fingerprint density at radius 2 is 1.81 bits per heavy atom. The molecular formula is C21H32N4O2. The van der Waals surface area contributed by atoms with Crippen molar-refractivity contribution in [1.82, 2.24) is 20.0 Å². The second kappa shape index (κ2) is 8.48. The fraction of sp³-hybridized carbons (Fsp3) is 0.667. The molecule has 0 amide bonds. The lowest BCUT2D eigenvalue weighted by atomic mass is 9.78. The lowest BCUT2D eigenvalue weighted by Crippen LogP contribution is -2.23. The van der Waals surface area contributed by atoms with E-state index in [2.05, 4.69) is 36.1 Å². The van der Waals surface area contributed by atoms with Gasteiger partial charge in [0, 0.05) is 24.4 Å². The van der Waals surface area contributed by atoms with Crippen LogP contribution in [0.25, 0.3) is 0 Å². The van der Waals surface area contributed by atoms with Crippen LogP contribution in [0, 0.1) is 17.8 Å². The molecule has 2 heterocycles. The number of hydrogen-bond acceptors (Lipinski definition) is 5. The highest BCUT2D eigenvalue weighted by Crippen LogP contribution is 2.37. The molecular weight excluding hydrogens is 340 g/mol. The minimum absolute atomic E-state index is 0.313. The van der Waals surface area contributed by atoms with Crippen LogP contribution in [0.1, 0.15) is 74.6 Å². The van der Waals surface area contributed by atoms with Crippen molar-refractivity contribution < 1.29 is 10.2 Å². The van der Waals surface area contributed by atoms with E-state index >= 15 is 0 Å². The Kier molecular flexibility index (Phi) is 6.27. The SMILES string of the molecule is CC(C)C1CCc2nn(C)cc2C1O.CCC1CCc2cnncc2C1O. The molecule has 0 saturated carbocycles. The maximum absolute atomic E-state index is 10.2. The molecule has 0 aliphatic heterocycles. The van der Waals surface area contributed by atoms with E-state index in [9.17, 15) is 10.2 Å². The van der Waals surface area contributed by atoms with Crippen LogP contribution in [-0.4, -0.2) is 30.2 Å². The Labute approximate surface area is 161 Å². The van der Waals surface area contributed by atoms with Gasteiger partial charge in [0.15, 0.2) is 0 Å². The molecule has 27 heavy (non-hydrogen) atoms. The van der Waals surface area contributed by atoms with Gasteiger partial charge < -0.3 is 10.2 Å². The minimum Gasteiger partial charge on any atom is -0.388 e. The van der Waals surface area contributed by atoms with Crippen molar-refractivity contribution in [3.63, 3.8) is 0 Å². The van der Waals surface area contributed by atoms with Crippen molar-refractivity contribution in [2.45, 2.75) is 65.1 Å². The maximum atomic E-state index is 10.2.